The van der Waals surface area contributed by atoms with Crippen LogP contribution in [0.1, 0.15) is 24.0 Å². The fourth-order valence-electron chi connectivity index (χ4n) is 3.68. The summed E-state index contributed by atoms with van der Waals surface area (Å²) in [6.45, 7) is 0.538. The van der Waals surface area contributed by atoms with Crippen LogP contribution >= 0.6 is 11.6 Å². The second-order valence-corrected chi connectivity index (χ2v) is 8.00. The van der Waals surface area contributed by atoms with Crippen LogP contribution in [0.25, 0.3) is 0 Å². The number of carbonyl (C=O) groups excluding carboxylic acids is 1. The van der Waals surface area contributed by atoms with Crippen LogP contribution in [0.15, 0.2) is 18.2 Å². The lowest BCUT2D eigenvalue weighted by molar-refractivity contribution is -0.143. The molecule has 2 aliphatic rings. The van der Waals surface area contributed by atoms with Crippen molar-refractivity contribution >= 4 is 27.6 Å². The minimum atomic E-state index is -4.01. The van der Waals surface area contributed by atoms with Gasteiger partial charge in [0, 0.05) is 18.6 Å². The van der Waals surface area contributed by atoms with Crippen LogP contribution in [0.5, 0.6) is 0 Å². The van der Waals surface area contributed by atoms with Crippen LogP contribution in [-0.2, 0) is 26.9 Å². The predicted octanol–water partition coefficient (Wildman–Crippen LogP) is 1.85. The van der Waals surface area contributed by atoms with Gasteiger partial charge in [-0.1, -0.05) is 17.7 Å². The second kappa shape index (κ2) is 4.69. The summed E-state index contributed by atoms with van der Waals surface area (Å²) in [6, 6.07) is 5.52. The lowest BCUT2D eigenvalue weighted by Crippen LogP contribution is -2.57. The second-order valence-electron chi connectivity index (χ2n) is 6.07. The Morgan fingerprint density at radius 2 is 2.10 bits per heavy atom. The fourth-order valence-corrected chi connectivity index (χ4v) is 4.68. The van der Waals surface area contributed by atoms with Crippen molar-refractivity contribution < 1.29 is 17.8 Å². The smallest absolute Gasteiger partial charge is 0.265 e. The van der Waals surface area contributed by atoms with Gasteiger partial charge in [-0.05, 0) is 42.0 Å². The van der Waals surface area contributed by atoms with Crippen LogP contribution in [0.3, 0.4) is 0 Å². The maximum absolute atomic E-state index is 12.6. The molecular weight excluding hydrogens is 314 g/mol. The molecule has 1 amide bonds. The molecule has 21 heavy (non-hydrogen) atoms. The number of likely N-dealkylation sites (N-methyl/N-ethyl adjacent to an activating group) is 1. The van der Waals surface area contributed by atoms with Crippen molar-refractivity contribution in [3.63, 3.8) is 0 Å². The zero-order chi connectivity index (χ0) is 15.4. The first-order valence-electron chi connectivity index (χ1n) is 6.71. The molecule has 0 unspecified atom stereocenters. The molecule has 0 aromatic heterocycles. The van der Waals surface area contributed by atoms with Gasteiger partial charge in [0.05, 0.1) is 11.2 Å². The standard InChI is InChI=1S/C14H16ClNO4S/c1-16-7-10-2-3-11(15)4-12(10)14(13(16)17)5-9(6-14)8-21(18,19)20/h2-4,9H,5-8H2,1H3,(H,18,19,20). The first kappa shape index (κ1) is 14.8. The third kappa shape index (κ3) is 2.45. The van der Waals surface area contributed by atoms with Crippen LogP contribution in [-0.4, -0.2) is 36.6 Å². The minimum absolute atomic E-state index is 0.00357. The number of hydrogen-bond donors (Lipinski definition) is 1. The average Bonchev–Trinajstić information content (AvgIpc) is 2.32. The molecule has 0 atom stereocenters. The van der Waals surface area contributed by atoms with Gasteiger partial charge in [0.2, 0.25) is 5.91 Å². The molecule has 1 spiro atoms. The Balaban J connectivity index is 1.96. The van der Waals surface area contributed by atoms with E-state index in [4.69, 9.17) is 16.2 Å². The summed E-state index contributed by atoms with van der Waals surface area (Å²) in [5, 5.41) is 0.573. The van der Waals surface area contributed by atoms with Crippen molar-refractivity contribution in [2.24, 2.45) is 5.92 Å². The molecular formula is C14H16ClNO4S. The molecule has 1 heterocycles. The highest BCUT2D eigenvalue weighted by molar-refractivity contribution is 7.85. The summed E-state index contributed by atoms with van der Waals surface area (Å²) in [5.74, 6) is -0.479. The summed E-state index contributed by atoms with van der Waals surface area (Å²) in [5.41, 5.74) is 1.28. The molecule has 1 N–H and O–H groups in total. The van der Waals surface area contributed by atoms with Gasteiger partial charge >= 0.3 is 0 Å². The number of halogens is 1. The number of fused-ring (bicyclic) bond motifs is 2. The van der Waals surface area contributed by atoms with Crippen molar-refractivity contribution in [1.29, 1.82) is 0 Å². The zero-order valence-electron chi connectivity index (χ0n) is 11.5. The summed E-state index contributed by atoms with van der Waals surface area (Å²) in [6.07, 6.45) is 0.868. The fraction of sp³-hybridized carbons (Fsp3) is 0.500. The Bertz CT molecular complexity index is 710. The van der Waals surface area contributed by atoms with E-state index in [1.165, 1.54) is 0 Å². The molecule has 0 radical (unpaired) electrons. The van der Waals surface area contributed by atoms with Crippen LogP contribution < -0.4 is 0 Å². The van der Waals surface area contributed by atoms with Gasteiger partial charge in [-0.3, -0.25) is 9.35 Å². The molecule has 7 heteroatoms. The average molecular weight is 330 g/mol. The molecule has 0 saturated heterocycles. The van der Waals surface area contributed by atoms with Gasteiger partial charge in [0.15, 0.2) is 0 Å². The van der Waals surface area contributed by atoms with Gasteiger partial charge in [0.1, 0.15) is 0 Å². The number of amides is 1. The van der Waals surface area contributed by atoms with Gasteiger partial charge in [-0.15, -0.1) is 0 Å². The molecule has 114 valence electrons. The van der Waals surface area contributed by atoms with Crippen LogP contribution in [0.2, 0.25) is 5.02 Å². The number of benzene rings is 1. The molecule has 1 aromatic rings. The van der Waals surface area contributed by atoms with E-state index in [1.54, 1.807) is 18.0 Å². The van der Waals surface area contributed by atoms with E-state index in [0.29, 0.717) is 24.4 Å². The van der Waals surface area contributed by atoms with Crippen molar-refractivity contribution in [2.45, 2.75) is 24.8 Å². The highest BCUT2D eigenvalue weighted by atomic mass is 35.5. The largest absolute Gasteiger partial charge is 0.341 e. The van der Waals surface area contributed by atoms with E-state index in [1.807, 2.05) is 12.1 Å². The summed E-state index contributed by atoms with van der Waals surface area (Å²) in [4.78, 5) is 14.3. The van der Waals surface area contributed by atoms with Crippen LogP contribution in [0.4, 0.5) is 0 Å². The number of nitrogens with zero attached hydrogens (tertiary/aromatic N) is 1. The Labute approximate surface area is 128 Å². The number of hydrogen-bond acceptors (Lipinski definition) is 3. The Morgan fingerprint density at radius 1 is 1.43 bits per heavy atom. The number of carbonyl (C=O) groups is 1. The molecule has 3 rings (SSSR count). The highest BCUT2D eigenvalue weighted by Crippen LogP contribution is 2.52. The summed E-state index contributed by atoms with van der Waals surface area (Å²) < 4.78 is 30.9. The molecule has 1 fully saturated rings. The van der Waals surface area contributed by atoms with E-state index in [-0.39, 0.29) is 17.6 Å². The van der Waals surface area contributed by atoms with E-state index >= 15 is 0 Å². The topological polar surface area (TPSA) is 74.7 Å². The van der Waals surface area contributed by atoms with E-state index in [2.05, 4.69) is 0 Å². The highest BCUT2D eigenvalue weighted by Gasteiger charge is 2.55. The van der Waals surface area contributed by atoms with Gasteiger partial charge in [-0.25, -0.2) is 0 Å². The lowest BCUT2D eigenvalue weighted by atomic mass is 9.56. The van der Waals surface area contributed by atoms with Crippen molar-refractivity contribution in [2.75, 3.05) is 12.8 Å². The van der Waals surface area contributed by atoms with Gasteiger partial charge in [-0.2, -0.15) is 8.42 Å². The Morgan fingerprint density at radius 3 is 2.71 bits per heavy atom. The van der Waals surface area contributed by atoms with Gasteiger partial charge < -0.3 is 4.90 Å². The van der Waals surface area contributed by atoms with Crippen molar-refractivity contribution in [3.8, 4) is 0 Å². The first-order valence-corrected chi connectivity index (χ1v) is 8.70. The monoisotopic (exact) mass is 329 g/mol. The van der Waals surface area contributed by atoms with Gasteiger partial charge in [0.25, 0.3) is 10.1 Å². The van der Waals surface area contributed by atoms with Crippen molar-refractivity contribution in [3.05, 3.63) is 34.3 Å². The van der Waals surface area contributed by atoms with E-state index in [0.717, 1.165) is 11.1 Å². The lowest BCUT2D eigenvalue weighted by Gasteiger charge is -2.51. The molecule has 1 aliphatic carbocycles. The van der Waals surface area contributed by atoms with E-state index < -0.39 is 15.5 Å². The minimum Gasteiger partial charge on any atom is -0.341 e. The normalized spacial score (nSPS) is 28.4. The SMILES string of the molecule is CN1Cc2ccc(Cl)cc2C2(CC(CS(=O)(=O)O)C2)C1=O. The molecule has 1 aliphatic heterocycles. The molecule has 1 aromatic carbocycles. The maximum atomic E-state index is 12.6. The maximum Gasteiger partial charge on any atom is 0.265 e. The van der Waals surface area contributed by atoms with Crippen molar-refractivity contribution in [1.82, 2.24) is 4.90 Å². The Hall–Kier alpha value is -1.11. The molecule has 0 bridgehead atoms. The molecule has 1 saturated carbocycles. The first-order chi connectivity index (χ1) is 9.71. The third-order valence-corrected chi connectivity index (χ3v) is 5.60. The van der Waals surface area contributed by atoms with Crippen LogP contribution in [0, 0.1) is 5.92 Å². The predicted molar refractivity (Wildman–Crippen MR) is 78.7 cm³/mol. The number of rotatable bonds is 2. The third-order valence-electron chi connectivity index (χ3n) is 4.47. The summed E-state index contributed by atoms with van der Waals surface area (Å²) >= 11 is 6.05. The molecule has 5 nitrogen and oxygen atoms in total. The Kier molecular flexibility index (Phi) is 3.31. The zero-order valence-corrected chi connectivity index (χ0v) is 13.1. The summed E-state index contributed by atoms with van der Waals surface area (Å²) in [7, 11) is -2.26. The quantitative estimate of drug-likeness (QED) is 0.840. The van der Waals surface area contributed by atoms with E-state index in [9.17, 15) is 13.2 Å².